The highest BCUT2D eigenvalue weighted by molar-refractivity contribution is 7.99. The predicted octanol–water partition coefficient (Wildman–Crippen LogP) is 2.95. The summed E-state index contributed by atoms with van der Waals surface area (Å²) in [5.74, 6) is 3.05. The summed E-state index contributed by atoms with van der Waals surface area (Å²) in [4.78, 5) is 15.4. The van der Waals surface area contributed by atoms with Gasteiger partial charge in [-0.25, -0.2) is 9.97 Å². The summed E-state index contributed by atoms with van der Waals surface area (Å²) < 4.78 is 0. The number of unbranched alkanes of at least 4 members (excludes halogenated alkanes) is 1. The SMILES string of the molecule is CCCCSc1nc(N)cc(N2CC(c3cccnc3)C2)n1. The number of nitrogens with two attached hydrogens (primary N) is 1. The van der Waals surface area contributed by atoms with Crippen molar-refractivity contribution in [2.75, 3.05) is 29.5 Å². The van der Waals surface area contributed by atoms with E-state index in [0.717, 1.165) is 29.8 Å². The van der Waals surface area contributed by atoms with Gasteiger partial charge in [0.2, 0.25) is 0 Å². The van der Waals surface area contributed by atoms with E-state index in [1.807, 2.05) is 24.5 Å². The van der Waals surface area contributed by atoms with Crippen molar-refractivity contribution in [2.45, 2.75) is 30.8 Å². The zero-order valence-corrected chi connectivity index (χ0v) is 13.6. The number of nitrogens with zero attached hydrogens (tertiary/aromatic N) is 4. The first-order valence-electron chi connectivity index (χ1n) is 7.68. The van der Waals surface area contributed by atoms with Crippen LogP contribution in [-0.4, -0.2) is 33.8 Å². The largest absolute Gasteiger partial charge is 0.383 e. The van der Waals surface area contributed by atoms with E-state index in [0.29, 0.717) is 11.7 Å². The molecule has 1 aliphatic heterocycles. The Hall–Kier alpha value is -1.82. The molecule has 0 atom stereocenters. The summed E-state index contributed by atoms with van der Waals surface area (Å²) in [7, 11) is 0. The Morgan fingerprint density at radius 2 is 2.23 bits per heavy atom. The van der Waals surface area contributed by atoms with E-state index in [4.69, 9.17) is 5.73 Å². The van der Waals surface area contributed by atoms with Crippen molar-refractivity contribution in [2.24, 2.45) is 0 Å². The minimum absolute atomic E-state index is 0.529. The van der Waals surface area contributed by atoms with E-state index in [2.05, 4.69) is 32.8 Å². The van der Waals surface area contributed by atoms with Crippen LogP contribution < -0.4 is 10.6 Å². The van der Waals surface area contributed by atoms with Crippen LogP contribution in [0.15, 0.2) is 35.7 Å². The Morgan fingerprint density at radius 1 is 1.36 bits per heavy atom. The lowest BCUT2D eigenvalue weighted by atomic mass is 9.93. The third-order valence-electron chi connectivity index (χ3n) is 3.80. The average molecular weight is 315 g/mol. The third kappa shape index (κ3) is 3.50. The van der Waals surface area contributed by atoms with Crippen LogP contribution in [0.5, 0.6) is 0 Å². The second-order valence-corrected chi connectivity index (χ2v) is 6.59. The number of hydrogen-bond acceptors (Lipinski definition) is 6. The lowest BCUT2D eigenvalue weighted by molar-refractivity contribution is 0.516. The summed E-state index contributed by atoms with van der Waals surface area (Å²) in [6.45, 7) is 4.10. The molecule has 0 spiro atoms. The molecule has 1 saturated heterocycles. The molecule has 2 aromatic rings. The average Bonchev–Trinajstić information content (AvgIpc) is 2.47. The van der Waals surface area contributed by atoms with Gasteiger partial charge in [0.25, 0.3) is 0 Å². The number of nitrogen functional groups attached to an aromatic ring is 1. The molecule has 6 heteroatoms. The standard InChI is InChI=1S/C16H21N5S/c1-2-3-7-22-16-19-14(17)8-15(20-16)21-10-13(11-21)12-5-4-6-18-9-12/h4-6,8-9,13H,2-3,7,10-11H2,1H3,(H2,17,19,20). The van der Waals surface area contributed by atoms with Gasteiger partial charge in [-0.1, -0.05) is 31.2 Å². The zero-order valence-electron chi connectivity index (χ0n) is 12.8. The third-order valence-corrected chi connectivity index (χ3v) is 4.74. The highest BCUT2D eigenvalue weighted by Crippen LogP contribution is 2.31. The summed E-state index contributed by atoms with van der Waals surface area (Å²) in [6, 6.07) is 5.99. The number of pyridine rings is 1. The van der Waals surface area contributed by atoms with Crippen LogP contribution in [0, 0.1) is 0 Å². The van der Waals surface area contributed by atoms with E-state index >= 15 is 0 Å². The highest BCUT2D eigenvalue weighted by atomic mass is 32.2. The molecule has 3 heterocycles. The molecule has 2 N–H and O–H groups in total. The van der Waals surface area contributed by atoms with Crippen molar-refractivity contribution in [1.82, 2.24) is 15.0 Å². The molecule has 5 nitrogen and oxygen atoms in total. The van der Waals surface area contributed by atoms with Crippen molar-refractivity contribution in [3.63, 3.8) is 0 Å². The second-order valence-electron chi connectivity index (χ2n) is 5.52. The van der Waals surface area contributed by atoms with Crippen LogP contribution in [0.3, 0.4) is 0 Å². The normalized spacial score (nSPS) is 14.9. The predicted molar refractivity (Wildman–Crippen MR) is 91.3 cm³/mol. The molecule has 116 valence electrons. The monoisotopic (exact) mass is 315 g/mol. The van der Waals surface area contributed by atoms with E-state index in [1.54, 1.807) is 11.8 Å². The van der Waals surface area contributed by atoms with E-state index < -0.39 is 0 Å². The molecule has 3 rings (SSSR count). The molecular formula is C16H21N5S. The fourth-order valence-corrected chi connectivity index (χ4v) is 3.40. The Labute approximate surface area is 135 Å². The summed E-state index contributed by atoms with van der Waals surface area (Å²) in [5, 5.41) is 0.785. The topological polar surface area (TPSA) is 67.9 Å². The quantitative estimate of drug-likeness (QED) is 0.502. The first-order valence-corrected chi connectivity index (χ1v) is 8.67. The summed E-state index contributed by atoms with van der Waals surface area (Å²) in [5.41, 5.74) is 7.22. The van der Waals surface area contributed by atoms with Crippen LogP contribution in [0.2, 0.25) is 0 Å². The number of aromatic nitrogens is 3. The van der Waals surface area contributed by atoms with Gasteiger partial charge in [-0.3, -0.25) is 4.98 Å². The van der Waals surface area contributed by atoms with Crippen LogP contribution >= 0.6 is 11.8 Å². The van der Waals surface area contributed by atoms with Crippen molar-refractivity contribution in [3.8, 4) is 0 Å². The van der Waals surface area contributed by atoms with Crippen LogP contribution in [0.1, 0.15) is 31.2 Å². The second kappa shape index (κ2) is 6.96. The molecule has 1 aliphatic rings. The van der Waals surface area contributed by atoms with Crippen molar-refractivity contribution in [1.29, 1.82) is 0 Å². The minimum Gasteiger partial charge on any atom is -0.383 e. The van der Waals surface area contributed by atoms with E-state index in [9.17, 15) is 0 Å². The molecule has 0 bridgehead atoms. The minimum atomic E-state index is 0.529. The van der Waals surface area contributed by atoms with Gasteiger partial charge < -0.3 is 10.6 Å². The first-order chi connectivity index (χ1) is 10.8. The van der Waals surface area contributed by atoms with Crippen molar-refractivity contribution in [3.05, 3.63) is 36.2 Å². The number of anilines is 2. The van der Waals surface area contributed by atoms with Gasteiger partial charge in [0.1, 0.15) is 11.6 Å². The molecular weight excluding hydrogens is 294 g/mol. The maximum Gasteiger partial charge on any atom is 0.191 e. The number of thioether (sulfide) groups is 1. The molecule has 2 aromatic heterocycles. The Bertz CT molecular complexity index is 613. The maximum atomic E-state index is 5.92. The van der Waals surface area contributed by atoms with Gasteiger partial charge >= 0.3 is 0 Å². The Balaban J connectivity index is 1.63. The zero-order chi connectivity index (χ0) is 15.4. The van der Waals surface area contributed by atoms with Gasteiger partial charge in [0.15, 0.2) is 5.16 Å². The van der Waals surface area contributed by atoms with Crippen LogP contribution in [0.4, 0.5) is 11.6 Å². The summed E-state index contributed by atoms with van der Waals surface area (Å²) >= 11 is 1.68. The van der Waals surface area contributed by atoms with Gasteiger partial charge in [-0.2, -0.15) is 0 Å². The smallest absolute Gasteiger partial charge is 0.191 e. The molecule has 0 unspecified atom stereocenters. The van der Waals surface area contributed by atoms with E-state index in [-0.39, 0.29) is 0 Å². The van der Waals surface area contributed by atoms with Crippen LogP contribution in [-0.2, 0) is 0 Å². The van der Waals surface area contributed by atoms with Gasteiger partial charge in [0.05, 0.1) is 0 Å². The number of rotatable bonds is 6. The maximum absolute atomic E-state index is 5.92. The van der Waals surface area contributed by atoms with E-state index in [1.165, 1.54) is 18.4 Å². The Kier molecular flexibility index (Phi) is 4.77. The molecule has 0 radical (unpaired) electrons. The summed E-state index contributed by atoms with van der Waals surface area (Å²) in [6.07, 6.45) is 6.11. The van der Waals surface area contributed by atoms with Crippen LogP contribution in [0.25, 0.3) is 0 Å². The lowest BCUT2D eigenvalue weighted by Crippen LogP contribution is -2.45. The lowest BCUT2D eigenvalue weighted by Gasteiger charge is -2.40. The van der Waals surface area contributed by atoms with Gasteiger partial charge in [-0.05, 0) is 18.1 Å². The fraction of sp³-hybridized carbons (Fsp3) is 0.438. The fourth-order valence-electron chi connectivity index (χ4n) is 2.46. The van der Waals surface area contributed by atoms with Gasteiger partial charge in [0, 0.05) is 43.2 Å². The van der Waals surface area contributed by atoms with Gasteiger partial charge in [-0.15, -0.1) is 0 Å². The molecule has 0 aliphatic carbocycles. The Morgan fingerprint density at radius 3 is 2.95 bits per heavy atom. The molecule has 1 fully saturated rings. The highest BCUT2D eigenvalue weighted by Gasteiger charge is 2.29. The molecule has 0 amide bonds. The first kappa shape index (κ1) is 15.1. The molecule has 0 aromatic carbocycles. The van der Waals surface area contributed by atoms with Crippen molar-refractivity contribution >= 4 is 23.4 Å². The number of hydrogen-bond donors (Lipinski definition) is 1. The molecule has 0 saturated carbocycles. The molecule has 22 heavy (non-hydrogen) atoms. The van der Waals surface area contributed by atoms with Crippen molar-refractivity contribution < 1.29 is 0 Å².